The standard InChI is InChI=1S/C20H29N3O2/c1-4-18-15(3)17-12-16(5-6-19(17)22-18)13-21-20(24)11-14(2)23-7-9-25-10-8-23/h5-6,12,14,22H,4,7-11,13H2,1-3H3,(H,21,24). The van der Waals surface area contributed by atoms with Gasteiger partial charge < -0.3 is 15.0 Å². The van der Waals surface area contributed by atoms with Crippen molar-refractivity contribution in [2.75, 3.05) is 26.3 Å². The third kappa shape index (κ3) is 4.22. The number of carbonyl (C=O) groups is 1. The highest BCUT2D eigenvalue weighted by Gasteiger charge is 2.19. The first-order valence-electron chi connectivity index (χ1n) is 9.27. The number of aryl methyl sites for hydroxylation is 2. The molecule has 3 rings (SSSR count). The van der Waals surface area contributed by atoms with E-state index in [2.05, 4.69) is 54.2 Å². The molecule has 2 heterocycles. The summed E-state index contributed by atoms with van der Waals surface area (Å²) in [4.78, 5) is 18.1. The molecule has 2 N–H and O–H groups in total. The number of fused-ring (bicyclic) bond motifs is 1. The van der Waals surface area contributed by atoms with Crippen LogP contribution in [0.1, 0.15) is 37.1 Å². The van der Waals surface area contributed by atoms with E-state index in [1.54, 1.807) is 0 Å². The molecule has 136 valence electrons. The predicted molar refractivity (Wildman–Crippen MR) is 101 cm³/mol. The molecule has 1 aliphatic rings. The van der Waals surface area contributed by atoms with Crippen molar-refractivity contribution in [3.8, 4) is 0 Å². The molecular weight excluding hydrogens is 314 g/mol. The minimum Gasteiger partial charge on any atom is -0.379 e. The highest BCUT2D eigenvalue weighted by Crippen LogP contribution is 2.23. The van der Waals surface area contributed by atoms with Crippen molar-refractivity contribution in [3.63, 3.8) is 0 Å². The van der Waals surface area contributed by atoms with Crippen molar-refractivity contribution < 1.29 is 9.53 Å². The number of H-pyrrole nitrogens is 1. The van der Waals surface area contributed by atoms with Crippen LogP contribution in [0.5, 0.6) is 0 Å². The van der Waals surface area contributed by atoms with E-state index in [0.29, 0.717) is 13.0 Å². The topological polar surface area (TPSA) is 57.4 Å². The van der Waals surface area contributed by atoms with Gasteiger partial charge in [0.15, 0.2) is 0 Å². The quantitative estimate of drug-likeness (QED) is 0.848. The van der Waals surface area contributed by atoms with Gasteiger partial charge in [0, 0.05) is 48.7 Å². The molecule has 1 saturated heterocycles. The summed E-state index contributed by atoms with van der Waals surface area (Å²) in [6, 6.07) is 6.64. The summed E-state index contributed by atoms with van der Waals surface area (Å²) in [6.45, 7) is 10.4. The number of aromatic nitrogens is 1. The van der Waals surface area contributed by atoms with Gasteiger partial charge in [0.25, 0.3) is 0 Å². The fraction of sp³-hybridized carbons (Fsp3) is 0.550. The Bertz CT molecular complexity index is 732. The number of ether oxygens (including phenoxy) is 1. The van der Waals surface area contributed by atoms with Crippen molar-refractivity contribution in [1.29, 1.82) is 0 Å². The summed E-state index contributed by atoms with van der Waals surface area (Å²) in [5.74, 6) is 0.110. The van der Waals surface area contributed by atoms with Crippen LogP contribution < -0.4 is 5.32 Å². The lowest BCUT2D eigenvalue weighted by atomic mass is 10.1. The average Bonchev–Trinajstić information content (AvgIpc) is 2.96. The molecule has 0 saturated carbocycles. The Labute approximate surface area is 149 Å². The zero-order chi connectivity index (χ0) is 17.8. The Morgan fingerprint density at radius 3 is 2.84 bits per heavy atom. The molecule has 1 atom stereocenters. The van der Waals surface area contributed by atoms with Gasteiger partial charge in [-0.3, -0.25) is 9.69 Å². The number of amides is 1. The van der Waals surface area contributed by atoms with Crippen molar-refractivity contribution in [1.82, 2.24) is 15.2 Å². The lowest BCUT2D eigenvalue weighted by Gasteiger charge is -2.31. The third-order valence-corrected chi connectivity index (χ3v) is 5.22. The van der Waals surface area contributed by atoms with E-state index in [0.717, 1.165) is 38.3 Å². The fourth-order valence-corrected chi connectivity index (χ4v) is 3.58. The lowest BCUT2D eigenvalue weighted by Crippen LogP contribution is -2.44. The monoisotopic (exact) mass is 343 g/mol. The molecule has 0 aliphatic carbocycles. The number of hydrogen-bond donors (Lipinski definition) is 2. The van der Waals surface area contributed by atoms with Crippen molar-refractivity contribution >= 4 is 16.8 Å². The average molecular weight is 343 g/mol. The Balaban J connectivity index is 1.56. The first-order valence-corrected chi connectivity index (χ1v) is 9.27. The molecule has 5 heteroatoms. The van der Waals surface area contributed by atoms with Crippen LogP contribution in [0.2, 0.25) is 0 Å². The largest absolute Gasteiger partial charge is 0.379 e. The van der Waals surface area contributed by atoms with Crippen LogP contribution in [-0.4, -0.2) is 48.1 Å². The number of nitrogens with zero attached hydrogens (tertiary/aromatic N) is 1. The number of benzene rings is 1. The van der Waals surface area contributed by atoms with Gasteiger partial charge in [-0.1, -0.05) is 13.0 Å². The Morgan fingerprint density at radius 1 is 1.36 bits per heavy atom. The number of hydrogen-bond acceptors (Lipinski definition) is 3. The lowest BCUT2D eigenvalue weighted by molar-refractivity contribution is -0.122. The molecule has 0 spiro atoms. The van der Waals surface area contributed by atoms with Gasteiger partial charge in [-0.25, -0.2) is 0 Å². The van der Waals surface area contributed by atoms with Crippen molar-refractivity contribution in [2.24, 2.45) is 0 Å². The summed E-state index contributed by atoms with van der Waals surface area (Å²) in [5.41, 5.74) is 4.91. The van der Waals surface area contributed by atoms with E-state index in [-0.39, 0.29) is 11.9 Å². The van der Waals surface area contributed by atoms with E-state index >= 15 is 0 Å². The second kappa shape index (κ2) is 8.02. The molecule has 2 aromatic rings. The molecule has 1 aromatic heterocycles. The van der Waals surface area contributed by atoms with E-state index in [1.807, 2.05) is 0 Å². The molecule has 0 bridgehead atoms. The summed E-state index contributed by atoms with van der Waals surface area (Å²) in [5, 5.41) is 4.32. The van der Waals surface area contributed by atoms with E-state index < -0.39 is 0 Å². The maximum absolute atomic E-state index is 12.3. The molecule has 1 aromatic carbocycles. The third-order valence-electron chi connectivity index (χ3n) is 5.22. The van der Waals surface area contributed by atoms with Crippen molar-refractivity contribution in [2.45, 2.75) is 46.2 Å². The van der Waals surface area contributed by atoms with Gasteiger partial charge in [-0.05, 0) is 43.5 Å². The summed E-state index contributed by atoms with van der Waals surface area (Å²) >= 11 is 0. The minimum atomic E-state index is 0.110. The van der Waals surface area contributed by atoms with Crippen LogP contribution in [0, 0.1) is 6.92 Å². The second-order valence-electron chi connectivity index (χ2n) is 6.94. The smallest absolute Gasteiger partial charge is 0.221 e. The fourth-order valence-electron chi connectivity index (χ4n) is 3.58. The molecule has 1 aliphatic heterocycles. The number of carbonyl (C=O) groups excluding carboxylic acids is 1. The van der Waals surface area contributed by atoms with E-state index in [1.165, 1.54) is 22.2 Å². The van der Waals surface area contributed by atoms with Gasteiger partial charge in [-0.2, -0.15) is 0 Å². The maximum atomic E-state index is 12.3. The first kappa shape index (κ1) is 18.0. The molecular formula is C20H29N3O2. The highest BCUT2D eigenvalue weighted by atomic mass is 16.5. The zero-order valence-electron chi connectivity index (χ0n) is 15.5. The predicted octanol–water partition coefficient (Wildman–Crippen LogP) is 2.77. The number of rotatable bonds is 6. The Morgan fingerprint density at radius 2 is 2.12 bits per heavy atom. The van der Waals surface area contributed by atoms with Gasteiger partial charge >= 0.3 is 0 Å². The van der Waals surface area contributed by atoms with Crippen LogP contribution >= 0.6 is 0 Å². The summed E-state index contributed by atoms with van der Waals surface area (Å²) < 4.78 is 5.37. The molecule has 1 unspecified atom stereocenters. The summed E-state index contributed by atoms with van der Waals surface area (Å²) in [7, 11) is 0. The molecule has 5 nitrogen and oxygen atoms in total. The van der Waals surface area contributed by atoms with Crippen LogP contribution in [0.25, 0.3) is 10.9 Å². The van der Waals surface area contributed by atoms with Gasteiger partial charge in [0.05, 0.1) is 13.2 Å². The van der Waals surface area contributed by atoms with Gasteiger partial charge in [0.1, 0.15) is 0 Å². The Kier molecular flexibility index (Phi) is 5.76. The minimum absolute atomic E-state index is 0.110. The van der Waals surface area contributed by atoms with Crippen molar-refractivity contribution in [3.05, 3.63) is 35.0 Å². The molecule has 25 heavy (non-hydrogen) atoms. The highest BCUT2D eigenvalue weighted by molar-refractivity contribution is 5.85. The van der Waals surface area contributed by atoms with E-state index in [9.17, 15) is 4.79 Å². The van der Waals surface area contributed by atoms with Gasteiger partial charge in [0.2, 0.25) is 5.91 Å². The van der Waals surface area contributed by atoms with Crippen LogP contribution in [0.3, 0.4) is 0 Å². The maximum Gasteiger partial charge on any atom is 0.221 e. The molecule has 0 radical (unpaired) electrons. The molecule has 1 fully saturated rings. The normalized spacial score (nSPS) is 16.9. The number of aromatic amines is 1. The summed E-state index contributed by atoms with van der Waals surface area (Å²) in [6.07, 6.45) is 1.54. The van der Waals surface area contributed by atoms with Crippen LogP contribution in [0.15, 0.2) is 18.2 Å². The SMILES string of the molecule is CCc1[nH]c2ccc(CNC(=O)CC(C)N3CCOCC3)cc2c1C. The second-order valence-corrected chi connectivity index (χ2v) is 6.94. The van der Waals surface area contributed by atoms with Gasteiger partial charge in [-0.15, -0.1) is 0 Å². The Hall–Kier alpha value is -1.85. The zero-order valence-corrected chi connectivity index (χ0v) is 15.5. The number of morpholine rings is 1. The van der Waals surface area contributed by atoms with Crippen LogP contribution in [0.4, 0.5) is 0 Å². The molecule has 1 amide bonds. The van der Waals surface area contributed by atoms with Crippen LogP contribution in [-0.2, 0) is 22.5 Å². The first-order chi connectivity index (χ1) is 12.1. The number of nitrogens with one attached hydrogen (secondary N) is 2. The van der Waals surface area contributed by atoms with E-state index in [4.69, 9.17) is 4.74 Å².